The molecule has 0 amide bonds. The fourth-order valence-corrected chi connectivity index (χ4v) is 2.28. The summed E-state index contributed by atoms with van der Waals surface area (Å²) < 4.78 is 17.6. The van der Waals surface area contributed by atoms with Crippen LogP contribution in [0.15, 0.2) is 0 Å². The Labute approximate surface area is 90.9 Å². The molecular weight excluding hydrogens is 221 g/mol. The fraction of sp³-hybridized carbons (Fsp3) is 0.875. The molecule has 0 heterocycles. The molecule has 0 aromatic heterocycles. The number of hydrogen-bond donors (Lipinski definition) is 0. The Morgan fingerprint density at radius 3 is 2.71 bits per heavy atom. The minimum Gasteiger partial charge on any atom is -0.598 e. The summed E-state index contributed by atoms with van der Waals surface area (Å²) >= 11 is -1.09. The smallest absolute Gasteiger partial charge is 0.325 e. The maximum absolute atomic E-state index is 11.5. The average molecular weight is 239 g/mol. The molecule has 2 unspecified atom stereocenters. The molecule has 0 spiro atoms. The third-order valence-corrected chi connectivity index (χ3v) is 3.70. The highest BCUT2D eigenvalue weighted by Gasteiger charge is 2.18. The van der Waals surface area contributed by atoms with Crippen LogP contribution in [0.5, 0.6) is 0 Å². The molecule has 0 aromatic rings. The number of rotatable bonds is 7. The van der Waals surface area contributed by atoms with E-state index in [4.69, 9.17) is 4.74 Å². The van der Waals surface area contributed by atoms with E-state index in [-0.39, 0.29) is 12.5 Å². The first-order valence-electron chi connectivity index (χ1n) is 4.68. The van der Waals surface area contributed by atoms with E-state index in [1.54, 1.807) is 6.92 Å². The standard InChI is InChI=1S/C8H18NO3PS/c1-3-5-6-14(11)9(13)7-8(10)12-4-2/h3-7,13H2,1-2H3. The van der Waals surface area contributed by atoms with Crippen LogP contribution >= 0.6 is 9.39 Å². The normalized spacial score (nSPS) is 12.9. The molecule has 0 bridgehead atoms. The highest BCUT2D eigenvalue weighted by molar-refractivity contribution is 7.91. The number of carbonyl (C=O) groups is 1. The predicted octanol–water partition coefficient (Wildman–Crippen LogP) is 1.11. The van der Waals surface area contributed by atoms with Crippen molar-refractivity contribution in [1.82, 2.24) is 4.08 Å². The van der Waals surface area contributed by atoms with Crippen LogP contribution in [0.25, 0.3) is 0 Å². The van der Waals surface area contributed by atoms with Crippen molar-refractivity contribution in [2.24, 2.45) is 0 Å². The second-order valence-electron chi connectivity index (χ2n) is 2.76. The molecule has 0 aliphatic heterocycles. The van der Waals surface area contributed by atoms with Gasteiger partial charge in [0.1, 0.15) is 12.3 Å². The molecule has 0 radical (unpaired) electrons. The van der Waals surface area contributed by atoms with Gasteiger partial charge in [-0.2, -0.15) is 0 Å². The van der Waals surface area contributed by atoms with Gasteiger partial charge in [0.15, 0.2) is 0 Å². The zero-order valence-electron chi connectivity index (χ0n) is 8.69. The molecule has 0 N–H and O–H groups in total. The quantitative estimate of drug-likeness (QED) is 0.379. The Bertz CT molecular complexity index is 171. The second kappa shape index (κ2) is 8.48. The summed E-state index contributed by atoms with van der Waals surface area (Å²) in [5, 5.41) is 0. The Morgan fingerprint density at radius 1 is 1.57 bits per heavy atom. The van der Waals surface area contributed by atoms with Crippen LogP contribution in [0, 0.1) is 0 Å². The number of ether oxygens (including phenoxy) is 1. The van der Waals surface area contributed by atoms with Gasteiger partial charge in [0, 0.05) is 11.4 Å². The van der Waals surface area contributed by atoms with E-state index in [1.165, 1.54) is 4.08 Å². The van der Waals surface area contributed by atoms with Crippen LogP contribution in [0.1, 0.15) is 26.7 Å². The topological polar surface area (TPSA) is 52.6 Å². The number of esters is 1. The molecule has 0 aliphatic carbocycles. The Morgan fingerprint density at radius 2 is 2.21 bits per heavy atom. The van der Waals surface area contributed by atoms with Crippen LogP contribution < -0.4 is 0 Å². The van der Waals surface area contributed by atoms with E-state index < -0.39 is 11.4 Å². The van der Waals surface area contributed by atoms with E-state index in [9.17, 15) is 9.35 Å². The highest BCUT2D eigenvalue weighted by atomic mass is 32.2. The predicted molar refractivity (Wildman–Crippen MR) is 61.0 cm³/mol. The van der Waals surface area contributed by atoms with Crippen LogP contribution in [0.2, 0.25) is 0 Å². The number of hydrogen-bond acceptors (Lipinski definition) is 4. The third kappa shape index (κ3) is 6.60. The van der Waals surface area contributed by atoms with Gasteiger partial charge in [-0.25, -0.2) is 0 Å². The van der Waals surface area contributed by atoms with Crippen molar-refractivity contribution in [2.45, 2.75) is 26.7 Å². The third-order valence-electron chi connectivity index (χ3n) is 1.52. The van der Waals surface area contributed by atoms with E-state index in [0.717, 1.165) is 12.8 Å². The number of nitrogens with zero attached hydrogens (tertiary/aromatic N) is 1. The summed E-state index contributed by atoms with van der Waals surface area (Å²) in [6.45, 7) is 4.21. The summed E-state index contributed by atoms with van der Waals surface area (Å²) in [6, 6.07) is 0. The monoisotopic (exact) mass is 239 g/mol. The SMILES string of the molecule is CCCC[S+]([O-])N(P)CC(=O)OCC. The van der Waals surface area contributed by atoms with Crippen molar-refractivity contribution in [3.05, 3.63) is 0 Å². The molecule has 2 atom stereocenters. The van der Waals surface area contributed by atoms with Gasteiger partial charge in [-0.3, -0.25) is 4.79 Å². The average Bonchev–Trinajstić information content (AvgIpc) is 2.14. The van der Waals surface area contributed by atoms with Gasteiger partial charge < -0.3 is 9.29 Å². The summed E-state index contributed by atoms with van der Waals surface area (Å²) in [5.41, 5.74) is 0. The van der Waals surface area contributed by atoms with E-state index in [0.29, 0.717) is 12.4 Å². The molecule has 84 valence electrons. The minimum atomic E-state index is -1.09. The lowest BCUT2D eigenvalue weighted by molar-refractivity contribution is -0.142. The Hall–Kier alpha value is 0.170. The van der Waals surface area contributed by atoms with Gasteiger partial charge in [0.05, 0.1) is 6.61 Å². The van der Waals surface area contributed by atoms with Crippen LogP contribution in [-0.2, 0) is 20.9 Å². The number of unbranched alkanes of at least 4 members (excludes halogenated alkanes) is 1. The molecule has 0 fully saturated rings. The van der Waals surface area contributed by atoms with Gasteiger partial charge in [0.2, 0.25) is 0 Å². The van der Waals surface area contributed by atoms with Gasteiger partial charge >= 0.3 is 5.97 Å². The first-order chi connectivity index (χ1) is 6.61. The van der Waals surface area contributed by atoms with Crippen molar-refractivity contribution in [3.8, 4) is 0 Å². The van der Waals surface area contributed by atoms with Gasteiger partial charge in [-0.05, 0) is 22.7 Å². The molecule has 0 saturated heterocycles. The van der Waals surface area contributed by atoms with Crippen molar-refractivity contribution in [1.29, 1.82) is 0 Å². The molecule has 4 nitrogen and oxygen atoms in total. The molecule has 0 saturated carbocycles. The molecule has 14 heavy (non-hydrogen) atoms. The van der Waals surface area contributed by atoms with Crippen molar-refractivity contribution in [2.75, 3.05) is 18.9 Å². The van der Waals surface area contributed by atoms with E-state index >= 15 is 0 Å². The summed E-state index contributed by atoms with van der Waals surface area (Å²) in [5.74, 6) is 0.256. The Kier molecular flexibility index (Phi) is 8.58. The van der Waals surface area contributed by atoms with Gasteiger partial charge in [-0.1, -0.05) is 13.3 Å². The fourth-order valence-electron chi connectivity index (χ4n) is 0.791. The minimum absolute atomic E-state index is 0.0643. The van der Waals surface area contributed by atoms with Crippen molar-refractivity contribution < 1.29 is 14.1 Å². The van der Waals surface area contributed by atoms with E-state index in [2.05, 4.69) is 9.39 Å². The number of carbonyl (C=O) groups excluding carboxylic acids is 1. The molecule has 6 heteroatoms. The van der Waals surface area contributed by atoms with Crippen LogP contribution in [-0.4, -0.2) is 33.5 Å². The Balaban J connectivity index is 3.70. The molecular formula is C8H18NO3PS. The first kappa shape index (κ1) is 14.2. The summed E-state index contributed by atoms with van der Waals surface area (Å²) in [7, 11) is 2.29. The molecule has 0 rings (SSSR count). The van der Waals surface area contributed by atoms with Crippen molar-refractivity contribution >= 4 is 26.7 Å². The first-order valence-corrected chi connectivity index (χ1v) is 6.47. The lowest BCUT2D eigenvalue weighted by Crippen LogP contribution is -2.30. The maximum Gasteiger partial charge on any atom is 0.325 e. The maximum atomic E-state index is 11.5. The molecule has 0 aromatic carbocycles. The zero-order valence-corrected chi connectivity index (χ0v) is 10.7. The van der Waals surface area contributed by atoms with Crippen LogP contribution in [0.4, 0.5) is 0 Å². The zero-order chi connectivity index (χ0) is 11.0. The van der Waals surface area contributed by atoms with E-state index in [1.807, 2.05) is 6.92 Å². The summed E-state index contributed by atoms with van der Waals surface area (Å²) in [4.78, 5) is 11.0. The van der Waals surface area contributed by atoms with Crippen molar-refractivity contribution in [3.63, 3.8) is 0 Å². The van der Waals surface area contributed by atoms with Gasteiger partial charge in [0.25, 0.3) is 0 Å². The van der Waals surface area contributed by atoms with Gasteiger partial charge in [-0.15, -0.1) is 4.08 Å². The highest BCUT2D eigenvalue weighted by Crippen LogP contribution is 2.10. The van der Waals surface area contributed by atoms with Crippen LogP contribution in [0.3, 0.4) is 0 Å². The largest absolute Gasteiger partial charge is 0.598 e. The summed E-state index contributed by atoms with van der Waals surface area (Å²) in [6.07, 6.45) is 1.91. The lowest BCUT2D eigenvalue weighted by Gasteiger charge is -2.18. The lowest BCUT2D eigenvalue weighted by atomic mass is 10.4. The second-order valence-corrected chi connectivity index (χ2v) is 5.28. The molecule has 0 aliphatic rings.